The van der Waals surface area contributed by atoms with Gasteiger partial charge in [0.1, 0.15) is 0 Å². The van der Waals surface area contributed by atoms with Crippen LogP contribution in [0.5, 0.6) is 0 Å². The average molecular weight is 230 g/mol. The number of hydrogen-bond acceptors (Lipinski definition) is 4. The minimum absolute atomic E-state index is 0.517. The second-order valence-electron chi connectivity index (χ2n) is 2.22. The van der Waals surface area contributed by atoms with E-state index >= 15 is 0 Å². The van der Waals surface area contributed by atoms with E-state index in [4.69, 9.17) is 0 Å². The molecular formula is C6H12F2N2OS2. The summed E-state index contributed by atoms with van der Waals surface area (Å²) in [4.78, 5) is 10.5. The van der Waals surface area contributed by atoms with Crippen molar-refractivity contribution >= 4 is 29.4 Å². The highest BCUT2D eigenvalue weighted by molar-refractivity contribution is 8.02. The first-order chi connectivity index (χ1) is 6.04. The number of alkyl halides is 2. The van der Waals surface area contributed by atoms with Gasteiger partial charge in [0.25, 0.3) is 0 Å². The number of nitrogens with two attached hydrogens (primary N) is 1. The van der Waals surface area contributed by atoms with Crippen LogP contribution >= 0.6 is 23.5 Å². The normalized spacial score (nSPS) is 11.4. The van der Waals surface area contributed by atoms with Gasteiger partial charge in [-0.1, -0.05) is 0 Å². The van der Waals surface area contributed by atoms with Crippen LogP contribution in [-0.4, -0.2) is 35.3 Å². The van der Waals surface area contributed by atoms with Gasteiger partial charge in [0.15, 0.2) is 0 Å². The zero-order chi connectivity index (χ0) is 10.3. The number of carbonyl (C=O) groups is 1. The molecule has 0 aromatic rings. The Morgan fingerprint density at radius 3 is 2.62 bits per heavy atom. The molecule has 0 rings (SSSR count). The van der Waals surface area contributed by atoms with Crippen molar-refractivity contribution in [2.45, 2.75) is 5.92 Å². The summed E-state index contributed by atoms with van der Waals surface area (Å²) in [6.07, 6.45) is 1.89. The summed E-state index contributed by atoms with van der Waals surface area (Å²) >= 11 is 2.62. The Morgan fingerprint density at radius 2 is 2.15 bits per heavy atom. The van der Waals surface area contributed by atoms with Crippen LogP contribution in [-0.2, 0) is 4.79 Å². The maximum Gasteiger partial charge on any atom is 0.334 e. The molecule has 0 aliphatic rings. The Labute approximate surface area is 84.2 Å². The number of carbonyl (C=O) groups excluding carboxylic acids is 1. The third-order valence-electron chi connectivity index (χ3n) is 1.18. The highest BCUT2D eigenvalue weighted by Gasteiger charge is 2.37. The molecule has 78 valence electrons. The van der Waals surface area contributed by atoms with Crippen molar-refractivity contribution in [2.24, 2.45) is 5.84 Å². The lowest BCUT2D eigenvalue weighted by Gasteiger charge is -2.12. The Hall–Kier alpha value is -0.0100. The number of halogens is 2. The lowest BCUT2D eigenvalue weighted by molar-refractivity contribution is -0.142. The summed E-state index contributed by atoms with van der Waals surface area (Å²) in [5.74, 6) is 0.691. The smallest absolute Gasteiger partial charge is 0.289 e. The van der Waals surface area contributed by atoms with Crippen molar-refractivity contribution in [3.8, 4) is 0 Å². The number of nitrogens with one attached hydrogen (secondary N) is 1. The first-order valence-electron chi connectivity index (χ1n) is 3.50. The summed E-state index contributed by atoms with van der Waals surface area (Å²) < 4.78 is 25.5. The summed E-state index contributed by atoms with van der Waals surface area (Å²) in [5, 5.41) is 0. The van der Waals surface area contributed by atoms with Gasteiger partial charge in [0, 0.05) is 11.5 Å². The topological polar surface area (TPSA) is 55.1 Å². The second-order valence-corrected chi connectivity index (χ2v) is 4.31. The molecule has 7 heteroatoms. The Bertz CT molecular complexity index is 169. The maximum atomic E-state index is 12.7. The molecule has 13 heavy (non-hydrogen) atoms. The zero-order valence-electron chi connectivity index (χ0n) is 7.18. The summed E-state index contributed by atoms with van der Waals surface area (Å²) in [6.45, 7) is 0. The molecule has 0 bridgehead atoms. The molecule has 0 aliphatic carbocycles. The highest BCUT2D eigenvalue weighted by atomic mass is 32.2. The minimum atomic E-state index is -3.36. The molecule has 0 atom stereocenters. The molecule has 0 heterocycles. The van der Waals surface area contributed by atoms with E-state index < -0.39 is 17.6 Å². The van der Waals surface area contributed by atoms with Crippen molar-refractivity contribution in [1.29, 1.82) is 0 Å². The van der Waals surface area contributed by atoms with Gasteiger partial charge in [-0.25, -0.2) is 5.84 Å². The van der Waals surface area contributed by atoms with Gasteiger partial charge in [0.05, 0.1) is 5.75 Å². The van der Waals surface area contributed by atoms with Crippen LogP contribution in [0, 0.1) is 0 Å². The van der Waals surface area contributed by atoms with Crippen LogP contribution in [0.15, 0.2) is 0 Å². The number of hydrogen-bond donors (Lipinski definition) is 2. The van der Waals surface area contributed by atoms with Crippen molar-refractivity contribution in [1.82, 2.24) is 5.43 Å². The fraction of sp³-hybridized carbons (Fsp3) is 0.833. The summed E-state index contributed by atoms with van der Waals surface area (Å²) in [5.41, 5.74) is 1.44. The third kappa shape index (κ3) is 5.33. The zero-order valence-corrected chi connectivity index (χ0v) is 8.81. The van der Waals surface area contributed by atoms with Gasteiger partial charge in [-0.2, -0.15) is 32.3 Å². The molecular weight excluding hydrogens is 218 g/mol. The van der Waals surface area contributed by atoms with E-state index in [1.165, 1.54) is 5.43 Å². The minimum Gasteiger partial charge on any atom is -0.289 e. The van der Waals surface area contributed by atoms with Crippen molar-refractivity contribution in [3.05, 3.63) is 0 Å². The average Bonchev–Trinajstić information content (AvgIpc) is 2.11. The van der Waals surface area contributed by atoms with Gasteiger partial charge >= 0.3 is 11.8 Å². The predicted octanol–water partition coefficient (Wildman–Crippen LogP) is 0.708. The first kappa shape index (κ1) is 13.0. The predicted molar refractivity (Wildman–Crippen MR) is 53.0 cm³/mol. The SMILES string of the molecule is CSCCSCC(F)(F)C(=O)NN. The Morgan fingerprint density at radius 1 is 1.54 bits per heavy atom. The fourth-order valence-electron chi connectivity index (χ4n) is 0.514. The third-order valence-corrected chi connectivity index (χ3v) is 3.11. The molecule has 3 nitrogen and oxygen atoms in total. The summed E-state index contributed by atoms with van der Waals surface area (Å²) in [7, 11) is 0. The van der Waals surface area contributed by atoms with Crippen LogP contribution in [0.4, 0.5) is 8.78 Å². The van der Waals surface area contributed by atoms with Crippen molar-refractivity contribution in [3.63, 3.8) is 0 Å². The van der Waals surface area contributed by atoms with E-state index in [1.807, 2.05) is 6.26 Å². The lowest BCUT2D eigenvalue weighted by Crippen LogP contribution is -2.45. The van der Waals surface area contributed by atoms with E-state index in [-0.39, 0.29) is 0 Å². The van der Waals surface area contributed by atoms with Crippen LogP contribution in [0.2, 0.25) is 0 Å². The number of thioether (sulfide) groups is 2. The van der Waals surface area contributed by atoms with Crippen LogP contribution in [0.3, 0.4) is 0 Å². The molecule has 0 aromatic heterocycles. The van der Waals surface area contributed by atoms with Crippen LogP contribution < -0.4 is 11.3 Å². The lowest BCUT2D eigenvalue weighted by atomic mass is 10.4. The van der Waals surface area contributed by atoms with Gasteiger partial charge in [0.2, 0.25) is 0 Å². The van der Waals surface area contributed by atoms with E-state index in [1.54, 1.807) is 11.8 Å². The van der Waals surface area contributed by atoms with E-state index in [9.17, 15) is 13.6 Å². The number of amides is 1. The molecule has 0 spiro atoms. The molecule has 1 amide bonds. The quantitative estimate of drug-likeness (QED) is 0.305. The maximum absolute atomic E-state index is 12.7. The molecule has 0 unspecified atom stereocenters. The molecule has 0 aromatic carbocycles. The van der Waals surface area contributed by atoms with Gasteiger partial charge in [-0.15, -0.1) is 0 Å². The van der Waals surface area contributed by atoms with Crippen LogP contribution in [0.1, 0.15) is 0 Å². The molecule has 0 saturated carbocycles. The van der Waals surface area contributed by atoms with Gasteiger partial charge < -0.3 is 0 Å². The van der Waals surface area contributed by atoms with E-state index in [0.717, 1.165) is 17.5 Å². The van der Waals surface area contributed by atoms with E-state index in [0.29, 0.717) is 5.75 Å². The molecule has 0 saturated heterocycles. The van der Waals surface area contributed by atoms with Crippen LogP contribution in [0.25, 0.3) is 0 Å². The van der Waals surface area contributed by atoms with E-state index in [2.05, 4.69) is 5.84 Å². The largest absolute Gasteiger partial charge is 0.334 e. The molecule has 0 aliphatic heterocycles. The van der Waals surface area contributed by atoms with Crippen molar-refractivity contribution in [2.75, 3.05) is 23.5 Å². The fourth-order valence-corrected chi connectivity index (χ4v) is 2.18. The molecule has 0 fully saturated rings. The standard InChI is InChI=1S/C6H12F2N2OS2/c1-12-2-3-13-4-6(7,8)5(11)10-9/h2-4,9H2,1H3,(H,10,11). The van der Waals surface area contributed by atoms with Gasteiger partial charge in [-0.3, -0.25) is 10.2 Å². The highest BCUT2D eigenvalue weighted by Crippen LogP contribution is 2.20. The van der Waals surface area contributed by atoms with Crippen molar-refractivity contribution < 1.29 is 13.6 Å². The summed E-state index contributed by atoms with van der Waals surface area (Å²) in [6, 6.07) is 0. The number of hydrazine groups is 1. The molecule has 3 N–H and O–H groups in total. The number of rotatable bonds is 6. The first-order valence-corrected chi connectivity index (χ1v) is 6.05. The second kappa shape index (κ2) is 6.44. The van der Waals surface area contributed by atoms with Gasteiger partial charge in [-0.05, 0) is 6.26 Å². The monoisotopic (exact) mass is 230 g/mol. The Kier molecular flexibility index (Phi) is 6.44. The molecule has 0 radical (unpaired) electrons. The Balaban J connectivity index is 3.69.